The van der Waals surface area contributed by atoms with Gasteiger partial charge in [-0.1, -0.05) is 12.1 Å². The van der Waals surface area contributed by atoms with Crippen molar-refractivity contribution in [3.05, 3.63) is 35.6 Å². The molecule has 22 heavy (non-hydrogen) atoms. The molecule has 6 heteroatoms. The van der Waals surface area contributed by atoms with E-state index in [0.29, 0.717) is 13.0 Å². The Labute approximate surface area is 128 Å². The Balaban J connectivity index is 1.81. The number of hydrogen-bond donors (Lipinski definition) is 2. The van der Waals surface area contributed by atoms with Crippen molar-refractivity contribution in [1.82, 2.24) is 10.2 Å². The number of likely N-dealkylation sites (tertiary alicyclic amines) is 1. The largest absolute Gasteiger partial charge is 0.465 e. The van der Waals surface area contributed by atoms with Gasteiger partial charge >= 0.3 is 6.09 Å². The molecule has 1 aromatic rings. The number of halogens is 1. The van der Waals surface area contributed by atoms with Gasteiger partial charge in [-0.05, 0) is 37.0 Å². The number of carbonyl (C=O) groups excluding carboxylic acids is 1. The van der Waals surface area contributed by atoms with Crippen molar-refractivity contribution in [1.29, 1.82) is 0 Å². The van der Waals surface area contributed by atoms with Crippen molar-refractivity contribution in [3.63, 3.8) is 0 Å². The number of nitrogens with one attached hydrogen (secondary N) is 1. The average Bonchev–Trinajstić information content (AvgIpc) is 3.31. The minimum atomic E-state index is -0.979. The van der Waals surface area contributed by atoms with Crippen LogP contribution in [0.5, 0.6) is 0 Å². The third-order valence-corrected chi connectivity index (χ3v) is 4.44. The molecule has 0 spiro atoms. The first-order chi connectivity index (χ1) is 10.5. The summed E-state index contributed by atoms with van der Waals surface area (Å²) in [7, 11) is 0. The fourth-order valence-electron chi connectivity index (χ4n) is 3.02. The van der Waals surface area contributed by atoms with Crippen molar-refractivity contribution < 1.29 is 19.1 Å². The lowest BCUT2D eigenvalue weighted by Gasteiger charge is -2.36. The Bertz CT molecular complexity index is 571. The van der Waals surface area contributed by atoms with E-state index in [2.05, 4.69) is 5.32 Å². The van der Waals surface area contributed by atoms with Gasteiger partial charge in [0, 0.05) is 31.0 Å². The van der Waals surface area contributed by atoms with Crippen LogP contribution in [0.4, 0.5) is 9.18 Å². The van der Waals surface area contributed by atoms with Gasteiger partial charge in [0.05, 0.1) is 0 Å². The molecule has 2 fully saturated rings. The van der Waals surface area contributed by atoms with E-state index in [1.807, 2.05) is 0 Å². The molecular formula is C16H19FN2O3. The molecule has 1 heterocycles. The number of amides is 2. The standard InChI is InChI=1S/C16H19FN2O3/c17-11-3-1-10(2-4-11)14-9-19(16(21)22)8-7-13(14)15(20)18-12-5-6-12/h1-4,12-14H,5-9H2,(H,18,20)(H,21,22). The van der Waals surface area contributed by atoms with Crippen LogP contribution in [-0.2, 0) is 4.79 Å². The van der Waals surface area contributed by atoms with E-state index in [1.165, 1.54) is 17.0 Å². The fourth-order valence-corrected chi connectivity index (χ4v) is 3.02. The first kappa shape index (κ1) is 14.8. The Morgan fingerprint density at radius 2 is 1.86 bits per heavy atom. The van der Waals surface area contributed by atoms with Crippen molar-refractivity contribution >= 4 is 12.0 Å². The highest BCUT2D eigenvalue weighted by Gasteiger charge is 2.38. The quantitative estimate of drug-likeness (QED) is 0.899. The predicted octanol–water partition coefficient (Wildman–Crippen LogP) is 2.19. The van der Waals surface area contributed by atoms with E-state index in [-0.39, 0.29) is 36.1 Å². The third kappa shape index (κ3) is 3.21. The lowest BCUT2D eigenvalue weighted by atomic mass is 9.80. The molecule has 1 saturated carbocycles. The van der Waals surface area contributed by atoms with Crippen molar-refractivity contribution in [2.45, 2.75) is 31.2 Å². The summed E-state index contributed by atoms with van der Waals surface area (Å²) < 4.78 is 13.1. The minimum absolute atomic E-state index is 0.0122. The van der Waals surface area contributed by atoms with Gasteiger partial charge in [0.15, 0.2) is 0 Å². The van der Waals surface area contributed by atoms with E-state index < -0.39 is 6.09 Å². The molecular weight excluding hydrogens is 287 g/mol. The first-order valence-corrected chi connectivity index (χ1v) is 7.58. The highest BCUT2D eigenvalue weighted by Crippen LogP contribution is 2.34. The Morgan fingerprint density at radius 1 is 1.18 bits per heavy atom. The van der Waals surface area contributed by atoms with Gasteiger partial charge < -0.3 is 15.3 Å². The van der Waals surface area contributed by atoms with Gasteiger partial charge in [-0.25, -0.2) is 9.18 Å². The van der Waals surface area contributed by atoms with E-state index in [0.717, 1.165) is 18.4 Å². The van der Waals surface area contributed by atoms with Crippen LogP contribution >= 0.6 is 0 Å². The number of carboxylic acid groups (broad SMARTS) is 1. The van der Waals surface area contributed by atoms with Gasteiger partial charge in [-0.15, -0.1) is 0 Å². The summed E-state index contributed by atoms with van der Waals surface area (Å²) in [5.41, 5.74) is 0.809. The van der Waals surface area contributed by atoms with E-state index >= 15 is 0 Å². The van der Waals surface area contributed by atoms with Crippen LogP contribution in [0.2, 0.25) is 0 Å². The molecule has 2 unspecified atom stereocenters. The van der Waals surface area contributed by atoms with Crippen LogP contribution in [-0.4, -0.2) is 41.1 Å². The zero-order chi connectivity index (χ0) is 15.7. The molecule has 0 bridgehead atoms. The second-order valence-corrected chi connectivity index (χ2v) is 6.06. The highest BCUT2D eigenvalue weighted by atomic mass is 19.1. The molecule has 2 atom stereocenters. The Hall–Kier alpha value is -2.11. The summed E-state index contributed by atoms with van der Waals surface area (Å²) in [4.78, 5) is 25.0. The monoisotopic (exact) mass is 306 g/mol. The Kier molecular flexibility index (Phi) is 4.00. The highest BCUT2D eigenvalue weighted by molar-refractivity contribution is 5.81. The maximum absolute atomic E-state index is 13.1. The van der Waals surface area contributed by atoms with E-state index in [4.69, 9.17) is 0 Å². The van der Waals surface area contributed by atoms with Gasteiger partial charge in [-0.3, -0.25) is 4.79 Å². The number of hydrogen-bond acceptors (Lipinski definition) is 2. The fraction of sp³-hybridized carbons (Fsp3) is 0.500. The summed E-state index contributed by atoms with van der Waals surface area (Å²) in [6.07, 6.45) is 1.54. The minimum Gasteiger partial charge on any atom is -0.465 e. The van der Waals surface area contributed by atoms with Crippen LogP contribution in [0, 0.1) is 11.7 Å². The van der Waals surface area contributed by atoms with Crippen molar-refractivity contribution in [3.8, 4) is 0 Å². The third-order valence-electron chi connectivity index (χ3n) is 4.44. The second kappa shape index (κ2) is 5.94. The molecule has 0 aromatic heterocycles. The van der Waals surface area contributed by atoms with Gasteiger partial charge in [-0.2, -0.15) is 0 Å². The molecule has 2 aliphatic rings. The van der Waals surface area contributed by atoms with Crippen LogP contribution in [0.3, 0.4) is 0 Å². The van der Waals surface area contributed by atoms with Crippen LogP contribution in [0.1, 0.15) is 30.7 Å². The van der Waals surface area contributed by atoms with E-state index in [1.54, 1.807) is 12.1 Å². The smallest absolute Gasteiger partial charge is 0.407 e. The van der Waals surface area contributed by atoms with Crippen LogP contribution in [0.15, 0.2) is 24.3 Å². The number of piperidine rings is 1. The number of nitrogens with zero attached hydrogens (tertiary/aromatic N) is 1. The van der Waals surface area contributed by atoms with Crippen LogP contribution < -0.4 is 5.32 Å². The SMILES string of the molecule is O=C(NC1CC1)C1CCN(C(=O)O)CC1c1ccc(F)cc1. The summed E-state index contributed by atoms with van der Waals surface area (Å²) in [6.45, 7) is 0.625. The number of rotatable bonds is 3. The molecule has 3 rings (SSSR count). The summed E-state index contributed by atoms with van der Waals surface area (Å²) in [5, 5.41) is 12.2. The summed E-state index contributed by atoms with van der Waals surface area (Å²) >= 11 is 0. The maximum atomic E-state index is 13.1. The zero-order valence-electron chi connectivity index (χ0n) is 12.2. The molecule has 0 radical (unpaired) electrons. The number of carbonyl (C=O) groups is 2. The molecule has 2 N–H and O–H groups in total. The van der Waals surface area contributed by atoms with Crippen molar-refractivity contribution in [2.75, 3.05) is 13.1 Å². The van der Waals surface area contributed by atoms with Gasteiger partial charge in [0.1, 0.15) is 5.82 Å². The van der Waals surface area contributed by atoms with Gasteiger partial charge in [0.25, 0.3) is 0 Å². The topological polar surface area (TPSA) is 69.6 Å². The average molecular weight is 306 g/mol. The normalized spacial score (nSPS) is 24.9. The first-order valence-electron chi connectivity index (χ1n) is 7.58. The molecule has 5 nitrogen and oxygen atoms in total. The zero-order valence-corrected chi connectivity index (χ0v) is 12.2. The van der Waals surface area contributed by atoms with Crippen molar-refractivity contribution in [2.24, 2.45) is 5.92 Å². The lowest BCUT2D eigenvalue weighted by molar-refractivity contribution is -0.127. The predicted molar refractivity (Wildman–Crippen MR) is 78.0 cm³/mol. The molecule has 1 aliphatic carbocycles. The second-order valence-electron chi connectivity index (χ2n) is 6.06. The number of benzene rings is 1. The lowest BCUT2D eigenvalue weighted by Crippen LogP contribution is -2.47. The molecule has 2 amide bonds. The summed E-state index contributed by atoms with van der Waals surface area (Å²) in [6, 6.07) is 6.26. The maximum Gasteiger partial charge on any atom is 0.407 e. The summed E-state index contributed by atoms with van der Waals surface area (Å²) in [5.74, 6) is -0.846. The molecule has 1 saturated heterocycles. The molecule has 1 aromatic carbocycles. The van der Waals surface area contributed by atoms with E-state index in [9.17, 15) is 19.1 Å². The molecule has 118 valence electrons. The van der Waals surface area contributed by atoms with Gasteiger partial charge in [0.2, 0.25) is 5.91 Å². The molecule has 1 aliphatic heterocycles. The Morgan fingerprint density at radius 3 is 2.45 bits per heavy atom. The van der Waals surface area contributed by atoms with Crippen LogP contribution in [0.25, 0.3) is 0 Å².